The highest BCUT2D eigenvalue weighted by Crippen LogP contribution is 2.33. The minimum Gasteiger partial charge on any atom is -0.497 e. The number of anilines is 2. The number of hydrogen-bond donors (Lipinski definition) is 0. The smallest absolute Gasteiger partial charge is 0.280 e. The Hall–Kier alpha value is -3.89. The molecule has 1 aliphatic heterocycles. The van der Waals surface area contributed by atoms with Crippen LogP contribution in [0, 0.1) is 0 Å². The van der Waals surface area contributed by atoms with Crippen molar-refractivity contribution in [3.05, 3.63) is 82.3 Å². The maximum Gasteiger partial charge on any atom is 0.280 e. The van der Waals surface area contributed by atoms with Gasteiger partial charge in [-0.3, -0.25) is 19.3 Å². The van der Waals surface area contributed by atoms with Crippen LogP contribution in [-0.2, 0) is 9.59 Å². The first kappa shape index (κ1) is 23.8. The highest BCUT2D eigenvalue weighted by molar-refractivity contribution is 9.10. The summed E-state index contributed by atoms with van der Waals surface area (Å²) < 4.78 is 7.09. The molecular formula is C26H19BrN4O4S. The predicted octanol–water partition coefficient (Wildman–Crippen LogP) is 5.40. The van der Waals surface area contributed by atoms with Gasteiger partial charge in [0.1, 0.15) is 5.75 Å². The lowest BCUT2D eigenvalue weighted by Gasteiger charge is -2.16. The average Bonchev–Trinajstić information content (AvgIpc) is 3.47. The number of methoxy groups -OCH3 is 1. The maximum absolute atomic E-state index is 13.6. The second-order valence-electron chi connectivity index (χ2n) is 7.91. The number of aromatic nitrogens is 1. The Kier molecular flexibility index (Phi) is 6.62. The number of ether oxygens (including phenoxy) is 1. The van der Waals surface area contributed by atoms with Crippen LogP contribution in [0.2, 0.25) is 0 Å². The number of thiazole rings is 1. The first-order chi connectivity index (χ1) is 17.4. The molecule has 10 heteroatoms. The fourth-order valence-corrected chi connectivity index (χ4v) is 4.93. The third-order valence-electron chi connectivity index (χ3n) is 5.57. The van der Waals surface area contributed by atoms with E-state index in [0.29, 0.717) is 27.6 Å². The zero-order valence-corrected chi connectivity index (χ0v) is 21.5. The van der Waals surface area contributed by atoms with Crippen LogP contribution in [0.3, 0.4) is 0 Å². The average molecular weight is 563 g/mol. The molecule has 0 aliphatic carbocycles. The molecule has 36 heavy (non-hydrogen) atoms. The molecule has 3 aromatic carbocycles. The summed E-state index contributed by atoms with van der Waals surface area (Å²) in [6.07, 6.45) is 1.98. The number of imide groups is 1. The molecule has 0 atom stereocenters. The first-order valence-electron chi connectivity index (χ1n) is 11.0. The molecule has 0 saturated carbocycles. The van der Waals surface area contributed by atoms with Gasteiger partial charge in [0, 0.05) is 22.9 Å². The van der Waals surface area contributed by atoms with Gasteiger partial charge in [0.25, 0.3) is 5.91 Å². The second kappa shape index (κ2) is 10.00. The number of halogens is 1. The SMILES string of the molecule is COc1ccc2nc(N(/N=C/c3ccc(Br)cc3)C(=O)c3ccc(N4C(=O)CCC4=O)cc3)sc2c1. The molecule has 180 valence electrons. The van der Waals surface area contributed by atoms with E-state index < -0.39 is 5.91 Å². The molecule has 0 radical (unpaired) electrons. The van der Waals surface area contributed by atoms with Gasteiger partial charge in [0.05, 0.1) is 29.2 Å². The molecular weight excluding hydrogens is 544 g/mol. The number of rotatable bonds is 6. The van der Waals surface area contributed by atoms with Crippen LogP contribution in [0.25, 0.3) is 10.2 Å². The molecule has 5 rings (SSSR count). The van der Waals surface area contributed by atoms with Crippen molar-refractivity contribution in [2.45, 2.75) is 12.8 Å². The maximum atomic E-state index is 13.6. The number of hydrogen-bond acceptors (Lipinski definition) is 7. The number of carbonyl (C=O) groups is 3. The highest BCUT2D eigenvalue weighted by atomic mass is 79.9. The van der Waals surface area contributed by atoms with E-state index in [4.69, 9.17) is 4.74 Å². The number of carbonyl (C=O) groups excluding carboxylic acids is 3. The van der Waals surface area contributed by atoms with Crippen molar-refractivity contribution >= 4 is 72.2 Å². The molecule has 2 heterocycles. The molecule has 1 fully saturated rings. The fourth-order valence-electron chi connectivity index (χ4n) is 3.71. The van der Waals surface area contributed by atoms with Crippen LogP contribution in [0.1, 0.15) is 28.8 Å². The van der Waals surface area contributed by atoms with Crippen LogP contribution in [-0.4, -0.2) is 36.0 Å². The lowest BCUT2D eigenvalue weighted by Crippen LogP contribution is -2.29. The highest BCUT2D eigenvalue weighted by Gasteiger charge is 2.30. The van der Waals surface area contributed by atoms with E-state index in [2.05, 4.69) is 26.0 Å². The van der Waals surface area contributed by atoms with Crippen LogP contribution in [0.5, 0.6) is 5.75 Å². The van der Waals surface area contributed by atoms with E-state index in [1.165, 1.54) is 16.3 Å². The van der Waals surface area contributed by atoms with Crippen molar-refractivity contribution in [3.63, 3.8) is 0 Å². The molecule has 0 bridgehead atoms. The molecule has 8 nitrogen and oxygen atoms in total. The third kappa shape index (κ3) is 4.77. The number of nitrogens with zero attached hydrogens (tertiary/aromatic N) is 4. The normalized spacial score (nSPS) is 13.7. The van der Waals surface area contributed by atoms with Crippen molar-refractivity contribution in [1.29, 1.82) is 0 Å². The molecule has 1 saturated heterocycles. The van der Waals surface area contributed by atoms with Crippen molar-refractivity contribution in [2.24, 2.45) is 5.10 Å². The Morgan fingerprint density at radius 1 is 1.06 bits per heavy atom. The first-order valence-corrected chi connectivity index (χ1v) is 12.6. The van der Waals surface area contributed by atoms with Gasteiger partial charge in [0.15, 0.2) is 0 Å². The molecule has 0 spiro atoms. The number of fused-ring (bicyclic) bond motifs is 1. The van der Waals surface area contributed by atoms with Crippen molar-refractivity contribution in [2.75, 3.05) is 17.0 Å². The van der Waals surface area contributed by atoms with Crippen LogP contribution >= 0.6 is 27.3 Å². The molecule has 0 N–H and O–H groups in total. The van der Waals surface area contributed by atoms with Gasteiger partial charge in [-0.25, -0.2) is 4.98 Å². The second-order valence-corrected chi connectivity index (χ2v) is 9.84. The van der Waals surface area contributed by atoms with Gasteiger partial charge in [-0.1, -0.05) is 39.4 Å². The van der Waals surface area contributed by atoms with E-state index in [0.717, 1.165) is 19.6 Å². The van der Waals surface area contributed by atoms with E-state index in [1.807, 2.05) is 42.5 Å². The van der Waals surface area contributed by atoms with Gasteiger partial charge in [-0.05, 0) is 60.2 Å². The Labute approximate surface area is 218 Å². The molecule has 1 aliphatic rings. The van der Waals surface area contributed by atoms with E-state index in [-0.39, 0.29) is 24.7 Å². The minimum atomic E-state index is -0.403. The minimum absolute atomic E-state index is 0.195. The Bertz CT molecular complexity index is 1480. The van der Waals surface area contributed by atoms with Gasteiger partial charge in [-0.2, -0.15) is 10.1 Å². The molecule has 1 aromatic heterocycles. The van der Waals surface area contributed by atoms with E-state index in [1.54, 1.807) is 37.6 Å². The summed E-state index contributed by atoms with van der Waals surface area (Å²) in [4.78, 5) is 43.5. The summed E-state index contributed by atoms with van der Waals surface area (Å²) in [5.41, 5.74) is 2.30. The van der Waals surface area contributed by atoms with Crippen LogP contribution in [0.4, 0.5) is 10.8 Å². The zero-order valence-electron chi connectivity index (χ0n) is 19.1. The monoisotopic (exact) mass is 562 g/mol. The van der Waals surface area contributed by atoms with Gasteiger partial charge in [0.2, 0.25) is 16.9 Å². The Morgan fingerprint density at radius 2 is 1.75 bits per heavy atom. The number of benzene rings is 3. The summed E-state index contributed by atoms with van der Waals surface area (Å²) in [6.45, 7) is 0. The molecule has 4 aromatic rings. The van der Waals surface area contributed by atoms with Crippen molar-refractivity contribution in [3.8, 4) is 5.75 Å². The summed E-state index contributed by atoms with van der Waals surface area (Å²) in [7, 11) is 1.59. The zero-order chi connectivity index (χ0) is 25.2. The van der Waals surface area contributed by atoms with Crippen LogP contribution < -0.4 is 14.6 Å². The summed E-state index contributed by atoms with van der Waals surface area (Å²) in [5, 5.41) is 6.12. The van der Waals surface area contributed by atoms with Gasteiger partial charge < -0.3 is 4.74 Å². The van der Waals surface area contributed by atoms with E-state index in [9.17, 15) is 14.4 Å². The summed E-state index contributed by atoms with van der Waals surface area (Å²) in [5.74, 6) is -0.204. The van der Waals surface area contributed by atoms with Gasteiger partial charge >= 0.3 is 0 Å². The third-order valence-corrected chi connectivity index (χ3v) is 7.10. The predicted molar refractivity (Wildman–Crippen MR) is 143 cm³/mol. The fraction of sp³-hybridized carbons (Fsp3) is 0.115. The Morgan fingerprint density at radius 3 is 2.42 bits per heavy atom. The van der Waals surface area contributed by atoms with Crippen LogP contribution in [0.15, 0.2) is 76.3 Å². The molecule has 3 amide bonds. The van der Waals surface area contributed by atoms with Crippen molar-refractivity contribution < 1.29 is 19.1 Å². The van der Waals surface area contributed by atoms with Crippen molar-refractivity contribution in [1.82, 2.24) is 4.98 Å². The standard InChI is InChI=1S/C26H19BrN4O4S/c1-35-20-10-11-21-22(14-20)36-26(29-21)31(28-15-16-2-6-18(27)7-3-16)25(34)17-4-8-19(9-5-17)30-23(32)12-13-24(30)33/h2-11,14-15H,12-13H2,1H3/b28-15+. The van der Waals surface area contributed by atoms with Gasteiger partial charge in [-0.15, -0.1) is 0 Å². The summed E-state index contributed by atoms with van der Waals surface area (Å²) >= 11 is 4.73. The number of hydrazone groups is 1. The lowest BCUT2D eigenvalue weighted by molar-refractivity contribution is -0.121. The van der Waals surface area contributed by atoms with E-state index >= 15 is 0 Å². The largest absolute Gasteiger partial charge is 0.497 e. The Balaban J connectivity index is 1.50. The molecule has 0 unspecified atom stereocenters. The number of amides is 3. The lowest BCUT2D eigenvalue weighted by atomic mass is 10.2. The quantitative estimate of drug-likeness (QED) is 0.178. The summed E-state index contributed by atoms with van der Waals surface area (Å²) in [6, 6.07) is 19.4. The topological polar surface area (TPSA) is 92.2 Å².